The summed E-state index contributed by atoms with van der Waals surface area (Å²) in [5, 5.41) is 0. The lowest BCUT2D eigenvalue weighted by Gasteiger charge is -2.17. The van der Waals surface area contributed by atoms with Crippen LogP contribution in [0.1, 0.15) is 0 Å². The molecule has 0 saturated heterocycles. The normalized spacial score (nSPS) is 10.7. The highest BCUT2D eigenvalue weighted by Gasteiger charge is 2.21. The maximum Gasteiger partial charge on any atom is 0.213 e. The lowest BCUT2D eigenvalue weighted by atomic mass is 9.86. The van der Waals surface area contributed by atoms with Crippen molar-refractivity contribution in [3.05, 3.63) is 128 Å². The first-order valence-corrected chi connectivity index (χ1v) is 10.6. The minimum Gasteiger partial charge on any atom is -0.201 e. The minimum absolute atomic E-state index is 1.19. The summed E-state index contributed by atoms with van der Waals surface area (Å²) in [4.78, 5) is 0. The zero-order valence-electron chi connectivity index (χ0n) is 17.6. The van der Waals surface area contributed by atoms with Crippen molar-refractivity contribution in [1.29, 1.82) is 0 Å². The van der Waals surface area contributed by atoms with Gasteiger partial charge in [0.15, 0.2) is 6.20 Å². The number of benzene rings is 4. The van der Waals surface area contributed by atoms with Gasteiger partial charge in [-0.1, -0.05) is 91.0 Å². The van der Waals surface area contributed by atoms with E-state index in [4.69, 9.17) is 0 Å². The molecule has 5 rings (SSSR count). The van der Waals surface area contributed by atoms with E-state index in [1.54, 1.807) is 0 Å². The Labute approximate surface area is 183 Å². The van der Waals surface area contributed by atoms with Crippen molar-refractivity contribution in [2.45, 2.75) is 0 Å². The van der Waals surface area contributed by atoms with Crippen LogP contribution in [0.4, 0.5) is 0 Å². The van der Waals surface area contributed by atoms with Gasteiger partial charge in [0.25, 0.3) is 0 Å². The summed E-state index contributed by atoms with van der Waals surface area (Å²) < 4.78 is 2.20. The molecule has 5 aromatic rings. The van der Waals surface area contributed by atoms with Crippen LogP contribution >= 0.6 is 0 Å². The number of aryl methyl sites for hydroxylation is 1. The van der Waals surface area contributed by atoms with Gasteiger partial charge in [-0.15, -0.1) is 0 Å². The van der Waals surface area contributed by atoms with Crippen LogP contribution in [0, 0.1) is 0 Å². The molecule has 0 spiro atoms. The number of nitrogens with zero attached hydrogens (tertiary/aromatic N) is 1. The Kier molecular flexibility index (Phi) is 5.16. The Morgan fingerprint density at radius 3 is 1.39 bits per heavy atom. The summed E-state index contributed by atoms with van der Waals surface area (Å²) in [6.45, 7) is 0. The number of hydrogen-bond donors (Lipinski definition) is 0. The highest BCUT2D eigenvalue weighted by Crippen LogP contribution is 2.42. The number of pyridine rings is 1. The van der Waals surface area contributed by atoms with E-state index in [9.17, 15) is 0 Å². The number of aromatic nitrogens is 1. The van der Waals surface area contributed by atoms with Gasteiger partial charge in [0.05, 0.1) is 5.56 Å². The van der Waals surface area contributed by atoms with Crippen LogP contribution in [0.25, 0.3) is 44.6 Å². The topological polar surface area (TPSA) is 3.88 Å². The van der Waals surface area contributed by atoms with Gasteiger partial charge in [-0.2, -0.15) is 0 Å². The summed E-state index contributed by atoms with van der Waals surface area (Å²) in [6.07, 6.45) is 2.12. The maximum absolute atomic E-state index is 2.33. The Morgan fingerprint density at radius 1 is 0.452 bits per heavy atom. The lowest BCUT2D eigenvalue weighted by molar-refractivity contribution is -0.660. The monoisotopic (exact) mass is 398 g/mol. The van der Waals surface area contributed by atoms with E-state index in [2.05, 4.69) is 139 Å². The molecule has 0 saturated carbocycles. The van der Waals surface area contributed by atoms with Crippen LogP contribution in [-0.4, -0.2) is 0 Å². The molecule has 1 aromatic heterocycles. The molecule has 0 aliphatic carbocycles. The maximum atomic E-state index is 2.33. The van der Waals surface area contributed by atoms with Gasteiger partial charge in [-0.05, 0) is 51.6 Å². The Bertz CT molecular complexity index is 1250. The molecular formula is C30H24N+. The third-order valence-electron chi connectivity index (χ3n) is 5.73. The van der Waals surface area contributed by atoms with Gasteiger partial charge in [0.2, 0.25) is 5.69 Å². The fourth-order valence-corrected chi connectivity index (χ4v) is 4.19. The molecule has 0 fully saturated rings. The Hall–Kier alpha value is -3.97. The second kappa shape index (κ2) is 8.41. The number of hydrogen-bond acceptors (Lipinski definition) is 0. The summed E-state index contributed by atoms with van der Waals surface area (Å²) in [5.41, 5.74) is 9.80. The van der Waals surface area contributed by atoms with E-state index in [1.165, 1.54) is 44.6 Å². The minimum atomic E-state index is 1.19. The van der Waals surface area contributed by atoms with Crippen molar-refractivity contribution >= 4 is 0 Å². The van der Waals surface area contributed by atoms with Gasteiger partial charge in [0.1, 0.15) is 7.05 Å². The molecular weight excluding hydrogens is 374 g/mol. The van der Waals surface area contributed by atoms with Crippen LogP contribution in [0.2, 0.25) is 0 Å². The average Bonchev–Trinajstić information content (AvgIpc) is 2.85. The van der Waals surface area contributed by atoms with E-state index in [0.29, 0.717) is 0 Å². The summed E-state index contributed by atoms with van der Waals surface area (Å²) >= 11 is 0. The van der Waals surface area contributed by atoms with Crippen LogP contribution in [0.3, 0.4) is 0 Å². The summed E-state index contributed by atoms with van der Waals surface area (Å²) in [6, 6.07) is 43.1. The van der Waals surface area contributed by atoms with Crippen molar-refractivity contribution in [1.82, 2.24) is 0 Å². The highest BCUT2D eigenvalue weighted by atomic mass is 14.9. The number of rotatable bonds is 4. The molecule has 1 heterocycles. The van der Waals surface area contributed by atoms with Crippen molar-refractivity contribution < 1.29 is 4.57 Å². The fraction of sp³-hybridized carbons (Fsp3) is 0.0333. The molecule has 0 radical (unpaired) electrons. The zero-order chi connectivity index (χ0) is 21.0. The van der Waals surface area contributed by atoms with E-state index < -0.39 is 0 Å². The second-order valence-corrected chi connectivity index (χ2v) is 7.74. The molecule has 0 aliphatic heterocycles. The first kappa shape index (κ1) is 19.0. The van der Waals surface area contributed by atoms with E-state index in [1.807, 2.05) is 0 Å². The first-order valence-electron chi connectivity index (χ1n) is 10.6. The third-order valence-corrected chi connectivity index (χ3v) is 5.73. The van der Waals surface area contributed by atoms with Crippen LogP contribution in [0.5, 0.6) is 0 Å². The van der Waals surface area contributed by atoms with Gasteiger partial charge >= 0.3 is 0 Å². The summed E-state index contributed by atoms with van der Waals surface area (Å²) in [7, 11) is 2.12. The van der Waals surface area contributed by atoms with Crippen molar-refractivity contribution in [3.63, 3.8) is 0 Å². The van der Waals surface area contributed by atoms with E-state index in [-0.39, 0.29) is 0 Å². The van der Waals surface area contributed by atoms with Gasteiger partial charge in [-0.25, -0.2) is 4.57 Å². The molecule has 4 aromatic carbocycles. The quantitative estimate of drug-likeness (QED) is 0.282. The largest absolute Gasteiger partial charge is 0.213 e. The molecule has 0 amide bonds. The van der Waals surface area contributed by atoms with E-state index in [0.717, 1.165) is 0 Å². The van der Waals surface area contributed by atoms with Gasteiger partial charge < -0.3 is 0 Å². The molecule has 1 heteroatoms. The van der Waals surface area contributed by atoms with Crippen molar-refractivity contribution in [3.8, 4) is 44.6 Å². The molecule has 31 heavy (non-hydrogen) atoms. The van der Waals surface area contributed by atoms with Crippen molar-refractivity contribution in [2.75, 3.05) is 0 Å². The molecule has 148 valence electrons. The van der Waals surface area contributed by atoms with Gasteiger partial charge in [-0.3, -0.25) is 0 Å². The standard InChI is InChI=1S/C30H24N/c1-31-20-12-11-19-29(31)30-27(24-15-7-3-8-16-24)21-26(23-13-5-2-6-14-23)22-28(30)25-17-9-4-10-18-25/h2-22H,1H3/q+1. The second-order valence-electron chi connectivity index (χ2n) is 7.74. The predicted octanol–water partition coefficient (Wildman–Crippen LogP) is 7.18. The molecule has 0 aliphatic rings. The highest BCUT2D eigenvalue weighted by molar-refractivity contribution is 5.96. The summed E-state index contributed by atoms with van der Waals surface area (Å²) in [5.74, 6) is 0. The molecule has 0 unspecified atom stereocenters. The smallest absolute Gasteiger partial charge is 0.201 e. The van der Waals surface area contributed by atoms with Crippen LogP contribution in [0.15, 0.2) is 128 Å². The van der Waals surface area contributed by atoms with Crippen molar-refractivity contribution in [2.24, 2.45) is 7.05 Å². The Morgan fingerprint density at radius 2 is 0.903 bits per heavy atom. The fourth-order valence-electron chi connectivity index (χ4n) is 4.19. The lowest BCUT2D eigenvalue weighted by Crippen LogP contribution is -2.30. The van der Waals surface area contributed by atoms with E-state index >= 15 is 0 Å². The molecule has 0 N–H and O–H groups in total. The SMILES string of the molecule is C[n+]1ccccc1-c1c(-c2ccccc2)cc(-c2ccccc2)cc1-c1ccccc1. The van der Waals surface area contributed by atoms with Crippen LogP contribution in [-0.2, 0) is 7.05 Å². The third kappa shape index (κ3) is 3.78. The molecule has 0 bridgehead atoms. The molecule has 0 atom stereocenters. The first-order chi connectivity index (χ1) is 15.3. The van der Waals surface area contributed by atoms with Gasteiger partial charge in [0, 0.05) is 12.1 Å². The molecule has 1 nitrogen and oxygen atoms in total. The predicted molar refractivity (Wildman–Crippen MR) is 129 cm³/mol. The zero-order valence-corrected chi connectivity index (χ0v) is 17.6. The Balaban J connectivity index is 1.90. The van der Waals surface area contributed by atoms with Crippen LogP contribution < -0.4 is 4.57 Å². The average molecular weight is 399 g/mol.